The average molecular weight is 230 g/mol. The van der Waals surface area contributed by atoms with Crippen LogP contribution in [-0.4, -0.2) is 40.9 Å². The van der Waals surface area contributed by atoms with Gasteiger partial charge in [-0.3, -0.25) is 9.69 Å². The predicted molar refractivity (Wildman–Crippen MR) is 62.6 cm³/mol. The molecule has 3 aliphatic heterocycles. The molecule has 2 bridgehead atoms. The summed E-state index contributed by atoms with van der Waals surface area (Å²) in [5.74, 6) is -0.162. The van der Waals surface area contributed by atoms with Crippen molar-refractivity contribution in [2.45, 2.75) is 18.9 Å². The van der Waals surface area contributed by atoms with Crippen LogP contribution in [0.3, 0.4) is 0 Å². The molecule has 0 atom stereocenters. The number of hydrogen-bond acceptors (Lipinski definition) is 2. The smallest absolute Gasteiger partial charge is 0.324 e. The molecule has 88 valence electrons. The molecule has 0 saturated carbocycles. The Balaban J connectivity index is 1.89. The van der Waals surface area contributed by atoms with Crippen molar-refractivity contribution in [3.63, 3.8) is 0 Å². The van der Waals surface area contributed by atoms with Gasteiger partial charge in [0.05, 0.1) is 0 Å². The van der Waals surface area contributed by atoms with Gasteiger partial charge in [0.1, 0.15) is 0 Å². The zero-order valence-corrected chi connectivity index (χ0v) is 9.50. The molecule has 1 aromatic rings. The largest absolute Gasteiger partial charge is 0.327 e. The fourth-order valence-corrected chi connectivity index (χ4v) is 2.60. The van der Waals surface area contributed by atoms with Crippen molar-refractivity contribution in [1.82, 2.24) is 9.80 Å². The van der Waals surface area contributed by atoms with Gasteiger partial charge in [0.15, 0.2) is 0 Å². The summed E-state index contributed by atoms with van der Waals surface area (Å²) in [7, 11) is 0. The molecule has 3 heterocycles. The summed E-state index contributed by atoms with van der Waals surface area (Å²) in [5, 5.41) is 0. The lowest BCUT2D eigenvalue weighted by Gasteiger charge is -2.45. The monoisotopic (exact) mass is 230 g/mol. The molecule has 4 nitrogen and oxygen atoms in total. The Morgan fingerprint density at radius 1 is 1.12 bits per heavy atom. The van der Waals surface area contributed by atoms with E-state index in [-0.39, 0.29) is 18.0 Å². The van der Waals surface area contributed by atoms with E-state index in [9.17, 15) is 9.59 Å². The van der Waals surface area contributed by atoms with Gasteiger partial charge < -0.3 is 4.90 Å². The van der Waals surface area contributed by atoms with Crippen LogP contribution in [0.25, 0.3) is 0 Å². The Hall–Kier alpha value is -1.84. The minimum atomic E-state index is -0.162. The van der Waals surface area contributed by atoms with E-state index < -0.39 is 0 Å². The fourth-order valence-electron chi connectivity index (χ4n) is 2.60. The number of benzene rings is 1. The molecule has 3 aliphatic rings. The fraction of sp³-hybridized carbons (Fsp3) is 0.385. The number of nitrogens with zero attached hydrogens (tertiary/aromatic N) is 2. The van der Waals surface area contributed by atoms with Crippen LogP contribution >= 0.6 is 0 Å². The Labute approximate surface area is 99.8 Å². The summed E-state index contributed by atoms with van der Waals surface area (Å²) in [4.78, 5) is 27.5. The van der Waals surface area contributed by atoms with E-state index in [2.05, 4.69) is 0 Å². The highest BCUT2D eigenvalue weighted by atomic mass is 16.2. The molecule has 3 saturated heterocycles. The first-order valence-electron chi connectivity index (χ1n) is 5.95. The van der Waals surface area contributed by atoms with Crippen molar-refractivity contribution < 1.29 is 9.59 Å². The first-order valence-corrected chi connectivity index (χ1v) is 5.95. The van der Waals surface area contributed by atoms with Crippen molar-refractivity contribution in [2.24, 2.45) is 0 Å². The molecule has 3 amide bonds. The molecule has 1 aromatic carbocycles. The number of piperidine rings is 1. The lowest BCUT2D eigenvalue weighted by Crippen LogP contribution is -2.61. The topological polar surface area (TPSA) is 40.6 Å². The van der Waals surface area contributed by atoms with Crippen LogP contribution in [0, 0.1) is 0 Å². The standard InChI is InChI=1S/C13H14N2O2/c16-12(10-4-2-1-3-5-10)15-11-6-8-14(9-7-11)13(15)17/h1-5,11H,6-9H2. The average Bonchev–Trinajstić information content (AvgIpc) is 2.40. The lowest BCUT2D eigenvalue weighted by atomic mass is 9.98. The van der Waals surface area contributed by atoms with Gasteiger partial charge in [0.25, 0.3) is 5.91 Å². The maximum Gasteiger partial charge on any atom is 0.327 e. The van der Waals surface area contributed by atoms with E-state index >= 15 is 0 Å². The maximum absolute atomic E-state index is 12.3. The molecular formula is C13H14N2O2. The summed E-state index contributed by atoms with van der Waals surface area (Å²) in [5.41, 5.74) is 0.592. The van der Waals surface area contributed by atoms with E-state index in [4.69, 9.17) is 0 Å². The molecule has 0 spiro atoms. The second kappa shape index (κ2) is 3.87. The highest BCUT2D eigenvalue weighted by Gasteiger charge is 2.41. The van der Waals surface area contributed by atoms with Crippen molar-refractivity contribution in [3.05, 3.63) is 35.9 Å². The summed E-state index contributed by atoms with van der Waals surface area (Å²) in [6.07, 6.45) is 1.81. The summed E-state index contributed by atoms with van der Waals surface area (Å²) >= 11 is 0. The lowest BCUT2D eigenvalue weighted by molar-refractivity contribution is 0.0415. The molecule has 0 aromatic heterocycles. The Morgan fingerprint density at radius 3 is 2.35 bits per heavy atom. The summed E-state index contributed by atoms with van der Waals surface area (Å²) in [6.45, 7) is 1.59. The zero-order chi connectivity index (χ0) is 11.8. The van der Waals surface area contributed by atoms with Crippen LogP contribution in [0.2, 0.25) is 0 Å². The van der Waals surface area contributed by atoms with Crippen molar-refractivity contribution in [3.8, 4) is 0 Å². The van der Waals surface area contributed by atoms with Crippen molar-refractivity contribution in [1.29, 1.82) is 0 Å². The molecule has 0 unspecified atom stereocenters. The van der Waals surface area contributed by atoms with Crippen LogP contribution in [0.15, 0.2) is 30.3 Å². The molecule has 0 radical (unpaired) electrons. The minimum absolute atomic E-state index is 0.0974. The molecule has 0 N–H and O–H groups in total. The van der Waals surface area contributed by atoms with Gasteiger partial charge in [0.2, 0.25) is 0 Å². The minimum Gasteiger partial charge on any atom is -0.324 e. The quantitative estimate of drug-likeness (QED) is 0.737. The van der Waals surface area contributed by atoms with Crippen LogP contribution < -0.4 is 0 Å². The first-order chi connectivity index (χ1) is 8.27. The second-order valence-electron chi connectivity index (χ2n) is 4.54. The van der Waals surface area contributed by atoms with Crippen molar-refractivity contribution >= 4 is 11.9 Å². The van der Waals surface area contributed by atoms with Gasteiger partial charge in [-0.05, 0) is 25.0 Å². The third-order valence-electron chi connectivity index (χ3n) is 3.55. The van der Waals surface area contributed by atoms with Crippen LogP contribution in [0.4, 0.5) is 4.79 Å². The predicted octanol–water partition coefficient (Wildman–Crippen LogP) is 1.73. The number of hydrogen-bond donors (Lipinski definition) is 0. The SMILES string of the molecule is O=C(c1ccccc1)N1C(=O)N2CCC1CC2. The zero-order valence-electron chi connectivity index (χ0n) is 9.50. The van der Waals surface area contributed by atoms with E-state index in [1.165, 1.54) is 4.90 Å². The van der Waals surface area contributed by atoms with E-state index in [0.29, 0.717) is 5.56 Å². The number of urea groups is 1. The van der Waals surface area contributed by atoms with Gasteiger partial charge in [-0.2, -0.15) is 0 Å². The van der Waals surface area contributed by atoms with Crippen LogP contribution in [0.1, 0.15) is 23.2 Å². The number of imide groups is 1. The molecule has 4 heteroatoms. The number of fused-ring (bicyclic) bond motifs is 3. The van der Waals surface area contributed by atoms with E-state index in [1.807, 2.05) is 18.2 Å². The molecule has 0 aliphatic carbocycles. The van der Waals surface area contributed by atoms with Gasteiger partial charge >= 0.3 is 6.03 Å². The maximum atomic E-state index is 12.3. The molecular weight excluding hydrogens is 216 g/mol. The summed E-state index contributed by atoms with van der Waals surface area (Å²) < 4.78 is 0. The Bertz CT molecular complexity index is 450. The third-order valence-corrected chi connectivity index (χ3v) is 3.55. The van der Waals surface area contributed by atoms with E-state index in [0.717, 1.165) is 25.9 Å². The molecule has 3 fully saturated rings. The summed E-state index contributed by atoms with van der Waals surface area (Å²) in [6, 6.07) is 8.99. The normalized spacial score (nSPS) is 19.9. The highest BCUT2D eigenvalue weighted by molar-refractivity contribution is 6.05. The second-order valence-corrected chi connectivity index (χ2v) is 4.54. The number of amides is 3. The Kier molecular flexibility index (Phi) is 2.35. The highest BCUT2D eigenvalue weighted by Crippen LogP contribution is 2.26. The van der Waals surface area contributed by atoms with Gasteiger partial charge in [0, 0.05) is 24.7 Å². The number of carbonyl (C=O) groups excluding carboxylic acids is 2. The van der Waals surface area contributed by atoms with Gasteiger partial charge in [-0.15, -0.1) is 0 Å². The number of carbonyl (C=O) groups is 2. The van der Waals surface area contributed by atoms with E-state index in [1.54, 1.807) is 17.0 Å². The third kappa shape index (κ3) is 1.60. The molecule has 4 rings (SSSR count). The molecule has 17 heavy (non-hydrogen) atoms. The first kappa shape index (κ1) is 10.3. The Morgan fingerprint density at radius 2 is 1.76 bits per heavy atom. The van der Waals surface area contributed by atoms with Gasteiger partial charge in [-0.25, -0.2) is 4.79 Å². The number of rotatable bonds is 1. The van der Waals surface area contributed by atoms with Gasteiger partial charge in [-0.1, -0.05) is 18.2 Å². The van der Waals surface area contributed by atoms with Crippen LogP contribution in [-0.2, 0) is 0 Å². The van der Waals surface area contributed by atoms with Crippen LogP contribution in [0.5, 0.6) is 0 Å². The van der Waals surface area contributed by atoms with Crippen molar-refractivity contribution in [2.75, 3.05) is 13.1 Å².